The molecule has 2 aromatic rings. The Labute approximate surface area is 118 Å². The van der Waals surface area contributed by atoms with Gasteiger partial charge in [0, 0.05) is 6.54 Å². The molecule has 20 heavy (non-hydrogen) atoms. The van der Waals surface area contributed by atoms with E-state index in [0.717, 1.165) is 11.1 Å². The Balaban J connectivity index is 1.70. The van der Waals surface area contributed by atoms with Crippen LogP contribution in [0.2, 0.25) is 0 Å². The predicted octanol–water partition coefficient (Wildman–Crippen LogP) is 2.81. The highest BCUT2D eigenvalue weighted by Gasteiger charge is 1.96. The molecule has 0 radical (unpaired) electrons. The number of nitrogens with one attached hydrogen (secondary N) is 1. The normalized spacial score (nSPS) is 9.95. The van der Waals surface area contributed by atoms with Crippen molar-refractivity contribution in [3.63, 3.8) is 0 Å². The van der Waals surface area contributed by atoms with Gasteiger partial charge in [-0.1, -0.05) is 42.5 Å². The molecule has 0 saturated heterocycles. The molecule has 0 unspecified atom stereocenters. The zero-order valence-corrected chi connectivity index (χ0v) is 11.1. The molecule has 4 heteroatoms. The molecule has 2 aromatic carbocycles. The van der Waals surface area contributed by atoms with E-state index < -0.39 is 0 Å². The highest BCUT2D eigenvalue weighted by molar-refractivity contribution is 5.27. The number of nitrogens with zero attached hydrogens (tertiary/aromatic N) is 1. The highest BCUT2D eigenvalue weighted by atomic mass is 16.6. The third-order valence-corrected chi connectivity index (χ3v) is 2.69. The summed E-state index contributed by atoms with van der Waals surface area (Å²) < 4.78 is 5.18. The molecule has 2 rings (SSSR count). The number of benzene rings is 2. The lowest BCUT2D eigenvalue weighted by atomic mass is 10.2. The zero-order valence-electron chi connectivity index (χ0n) is 11.1. The minimum atomic E-state index is 0.0672. The average molecular weight is 268 g/mol. The number of hydrogen-bond acceptors (Lipinski definition) is 4. The Hall–Kier alpha value is -2.35. The molecule has 0 aliphatic rings. The van der Waals surface area contributed by atoms with E-state index >= 15 is 0 Å². The lowest BCUT2D eigenvalue weighted by molar-refractivity contribution is 0.0235. The van der Waals surface area contributed by atoms with E-state index in [2.05, 4.69) is 5.48 Å². The molecule has 0 spiro atoms. The van der Waals surface area contributed by atoms with Crippen LogP contribution < -0.4 is 10.2 Å². The van der Waals surface area contributed by atoms with Crippen molar-refractivity contribution >= 4 is 0 Å². The van der Waals surface area contributed by atoms with Crippen LogP contribution in [0.3, 0.4) is 0 Å². The van der Waals surface area contributed by atoms with E-state index in [1.165, 1.54) is 0 Å². The Morgan fingerprint density at radius 2 is 1.70 bits per heavy atom. The first-order valence-corrected chi connectivity index (χ1v) is 6.36. The van der Waals surface area contributed by atoms with Crippen LogP contribution in [0.1, 0.15) is 11.1 Å². The standard InChI is InChI=1S/C16H16N2O2/c17-10-11-19-16-8-6-14(7-9-16)12-18-20-13-15-4-2-1-3-5-15/h1-9,18H,11-13H2. The second-order valence-electron chi connectivity index (χ2n) is 4.19. The quantitative estimate of drug-likeness (QED) is 0.619. The summed E-state index contributed by atoms with van der Waals surface area (Å²) in [5, 5.41) is 8.42. The van der Waals surface area contributed by atoms with Gasteiger partial charge in [-0.15, -0.1) is 0 Å². The maximum Gasteiger partial charge on any atom is 0.174 e. The van der Waals surface area contributed by atoms with E-state index in [9.17, 15) is 0 Å². The lowest BCUT2D eigenvalue weighted by Crippen LogP contribution is -2.13. The van der Waals surface area contributed by atoms with Crippen LogP contribution in [0.25, 0.3) is 0 Å². The van der Waals surface area contributed by atoms with Crippen molar-refractivity contribution in [3.8, 4) is 11.8 Å². The van der Waals surface area contributed by atoms with Crippen LogP contribution in [0, 0.1) is 11.3 Å². The molecule has 0 aromatic heterocycles. The first-order chi connectivity index (χ1) is 9.88. The summed E-state index contributed by atoms with van der Waals surface area (Å²) in [4.78, 5) is 5.39. The van der Waals surface area contributed by atoms with E-state index in [1.807, 2.05) is 60.7 Å². The zero-order chi connectivity index (χ0) is 14.0. The van der Waals surface area contributed by atoms with Crippen molar-refractivity contribution < 1.29 is 9.57 Å². The van der Waals surface area contributed by atoms with Gasteiger partial charge in [-0.3, -0.25) is 4.84 Å². The van der Waals surface area contributed by atoms with Gasteiger partial charge in [0.15, 0.2) is 6.61 Å². The molecule has 102 valence electrons. The van der Waals surface area contributed by atoms with Crippen molar-refractivity contribution in [2.45, 2.75) is 13.2 Å². The summed E-state index contributed by atoms with van der Waals surface area (Å²) in [6, 6.07) is 19.5. The summed E-state index contributed by atoms with van der Waals surface area (Å²) in [5.74, 6) is 0.695. The van der Waals surface area contributed by atoms with Gasteiger partial charge in [0.25, 0.3) is 0 Å². The molecule has 0 bridgehead atoms. The Bertz CT molecular complexity index is 547. The fourth-order valence-electron chi connectivity index (χ4n) is 1.66. The lowest BCUT2D eigenvalue weighted by Gasteiger charge is -2.07. The largest absolute Gasteiger partial charge is 0.479 e. The minimum Gasteiger partial charge on any atom is -0.479 e. The molecule has 0 heterocycles. The second-order valence-corrected chi connectivity index (χ2v) is 4.19. The van der Waals surface area contributed by atoms with Crippen molar-refractivity contribution in [3.05, 3.63) is 65.7 Å². The molecule has 0 aliphatic heterocycles. The first-order valence-electron chi connectivity index (χ1n) is 6.36. The van der Waals surface area contributed by atoms with Gasteiger partial charge in [-0.05, 0) is 23.3 Å². The summed E-state index contributed by atoms with van der Waals surface area (Å²) in [6.07, 6.45) is 0. The van der Waals surface area contributed by atoms with Crippen molar-refractivity contribution in [2.75, 3.05) is 6.61 Å². The molecule has 0 atom stereocenters. The van der Waals surface area contributed by atoms with Gasteiger partial charge >= 0.3 is 0 Å². The monoisotopic (exact) mass is 268 g/mol. The predicted molar refractivity (Wildman–Crippen MR) is 75.6 cm³/mol. The van der Waals surface area contributed by atoms with Crippen LogP contribution in [0.5, 0.6) is 5.75 Å². The van der Waals surface area contributed by atoms with Crippen LogP contribution in [0.4, 0.5) is 0 Å². The van der Waals surface area contributed by atoms with E-state index in [-0.39, 0.29) is 6.61 Å². The molecule has 1 N–H and O–H groups in total. The summed E-state index contributed by atoms with van der Waals surface area (Å²) in [7, 11) is 0. The molecule has 0 aliphatic carbocycles. The maximum absolute atomic E-state index is 8.42. The average Bonchev–Trinajstić information content (AvgIpc) is 2.52. The third kappa shape index (κ3) is 4.73. The van der Waals surface area contributed by atoms with Gasteiger partial charge in [0.05, 0.1) is 6.61 Å². The van der Waals surface area contributed by atoms with Gasteiger partial charge in [-0.25, -0.2) is 0 Å². The Morgan fingerprint density at radius 1 is 0.950 bits per heavy atom. The number of rotatable bonds is 7. The van der Waals surface area contributed by atoms with Crippen molar-refractivity contribution in [1.29, 1.82) is 5.26 Å². The molecule has 0 fully saturated rings. The van der Waals surface area contributed by atoms with Crippen molar-refractivity contribution in [1.82, 2.24) is 5.48 Å². The van der Waals surface area contributed by atoms with Gasteiger partial charge in [0.1, 0.15) is 11.8 Å². The second kappa shape index (κ2) is 7.95. The summed E-state index contributed by atoms with van der Waals surface area (Å²) in [5.41, 5.74) is 5.13. The highest BCUT2D eigenvalue weighted by Crippen LogP contribution is 2.11. The van der Waals surface area contributed by atoms with E-state index in [0.29, 0.717) is 18.9 Å². The van der Waals surface area contributed by atoms with E-state index in [4.69, 9.17) is 14.8 Å². The first kappa shape index (κ1) is 14.1. The van der Waals surface area contributed by atoms with Gasteiger partial charge in [0.2, 0.25) is 0 Å². The molecular weight excluding hydrogens is 252 g/mol. The smallest absolute Gasteiger partial charge is 0.174 e. The summed E-state index contributed by atoms with van der Waals surface area (Å²) >= 11 is 0. The molecule has 4 nitrogen and oxygen atoms in total. The fraction of sp³-hybridized carbons (Fsp3) is 0.188. The fourth-order valence-corrected chi connectivity index (χ4v) is 1.66. The molecular formula is C16H16N2O2. The Kier molecular flexibility index (Phi) is 5.59. The number of ether oxygens (including phenoxy) is 1. The van der Waals surface area contributed by atoms with Crippen LogP contribution in [0.15, 0.2) is 54.6 Å². The summed E-state index contributed by atoms with van der Waals surface area (Å²) in [6.45, 7) is 1.22. The molecule has 0 saturated carbocycles. The maximum atomic E-state index is 8.42. The molecule has 0 amide bonds. The van der Waals surface area contributed by atoms with Crippen LogP contribution >= 0.6 is 0 Å². The number of nitriles is 1. The van der Waals surface area contributed by atoms with Crippen LogP contribution in [-0.4, -0.2) is 6.61 Å². The van der Waals surface area contributed by atoms with Gasteiger partial charge in [-0.2, -0.15) is 10.7 Å². The SMILES string of the molecule is N#CCOc1ccc(CNOCc2ccccc2)cc1. The van der Waals surface area contributed by atoms with Crippen LogP contribution in [-0.2, 0) is 18.0 Å². The minimum absolute atomic E-state index is 0.0672. The number of hydroxylamine groups is 1. The van der Waals surface area contributed by atoms with Crippen molar-refractivity contribution in [2.24, 2.45) is 0 Å². The topological polar surface area (TPSA) is 54.3 Å². The third-order valence-electron chi connectivity index (χ3n) is 2.69. The Morgan fingerprint density at radius 3 is 2.40 bits per heavy atom. The number of hydrogen-bond donors (Lipinski definition) is 1. The van der Waals surface area contributed by atoms with E-state index in [1.54, 1.807) is 0 Å². The van der Waals surface area contributed by atoms with Gasteiger partial charge < -0.3 is 4.74 Å².